The molecule has 2 unspecified atom stereocenters. The molecule has 8 nitrogen and oxygen atoms in total. The molecule has 226 valence electrons. The van der Waals surface area contributed by atoms with Gasteiger partial charge in [0, 0.05) is 42.2 Å². The van der Waals surface area contributed by atoms with Gasteiger partial charge in [-0.2, -0.15) is 23.1 Å². The van der Waals surface area contributed by atoms with Crippen LogP contribution in [0.1, 0.15) is 31.2 Å². The second kappa shape index (κ2) is 10.6. The molecule has 0 spiro atoms. The lowest BCUT2D eigenvalue weighted by molar-refractivity contribution is -0.139. The quantitative estimate of drug-likeness (QED) is 0.369. The van der Waals surface area contributed by atoms with E-state index in [2.05, 4.69) is 25.2 Å². The van der Waals surface area contributed by atoms with Crippen LogP contribution in [0.25, 0.3) is 22.2 Å². The van der Waals surface area contributed by atoms with Gasteiger partial charge in [-0.25, -0.2) is 18.2 Å². The van der Waals surface area contributed by atoms with Crippen LogP contribution < -0.4 is 20.7 Å². The standard InChI is InChI=1S/C27H28ClF6N7O/c1-40-6-2-3-14(40)11-42-25-36-19-8-15(22-21(27(32,33)34)18(29)9-20(35)37-22)17(28)7-16(19)23(38-25)41-10-13-4-5-26(12-41,39-13)24(30)31/h7-9,13-14,24,39H,2-6,10-12H2,1H3,(H2,35,37)/t13-,14?,26?/m1/s1. The average molecular weight is 616 g/mol. The highest BCUT2D eigenvalue weighted by molar-refractivity contribution is 6.34. The molecule has 3 saturated heterocycles. The van der Waals surface area contributed by atoms with Crippen LogP contribution in [0.15, 0.2) is 18.2 Å². The minimum atomic E-state index is -5.10. The molecule has 2 bridgehead atoms. The van der Waals surface area contributed by atoms with E-state index in [1.54, 1.807) is 4.90 Å². The first kappa shape index (κ1) is 29.0. The van der Waals surface area contributed by atoms with E-state index >= 15 is 0 Å². The van der Waals surface area contributed by atoms with E-state index in [0.29, 0.717) is 24.4 Å². The van der Waals surface area contributed by atoms with Gasteiger partial charge in [-0.1, -0.05) is 11.6 Å². The maximum Gasteiger partial charge on any atom is 0.421 e. The number of alkyl halides is 5. The lowest BCUT2D eigenvalue weighted by Gasteiger charge is -2.41. The second-order valence-corrected chi connectivity index (χ2v) is 11.6. The van der Waals surface area contributed by atoms with Crippen LogP contribution in [0, 0.1) is 5.82 Å². The number of nitrogens with two attached hydrogens (primary N) is 1. The van der Waals surface area contributed by atoms with Gasteiger partial charge in [-0.3, -0.25) is 0 Å². The molecule has 15 heteroatoms. The fraction of sp³-hybridized carbons (Fsp3) is 0.519. The molecule has 0 amide bonds. The summed E-state index contributed by atoms with van der Waals surface area (Å²) in [7, 11) is 1.97. The Labute approximate surface area is 242 Å². The lowest BCUT2D eigenvalue weighted by Crippen LogP contribution is -2.63. The third kappa shape index (κ3) is 5.17. The maximum atomic E-state index is 14.6. The summed E-state index contributed by atoms with van der Waals surface area (Å²) in [5.74, 6) is -1.79. The molecule has 3 aliphatic rings. The zero-order valence-corrected chi connectivity index (χ0v) is 23.2. The number of halogens is 7. The van der Waals surface area contributed by atoms with Crippen LogP contribution in [0.3, 0.4) is 0 Å². The number of nitrogens with zero attached hydrogens (tertiary/aromatic N) is 5. The highest BCUT2D eigenvalue weighted by atomic mass is 35.5. The van der Waals surface area contributed by atoms with E-state index in [1.807, 2.05) is 7.05 Å². The topological polar surface area (TPSA) is 92.4 Å². The Morgan fingerprint density at radius 3 is 2.67 bits per heavy atom. The molecule has 6 rings (SSSR count). The summed E-state index contributed by atoms with van der Waals surface area (Å²) in [5, 5.41) is 3.17. The number of ether oxygens (including phenoxy) is 1. The van der Waals surface area contributed by atoms with Gasteiger partial charge in [0.05, 0.1) is 21.8 Å². The van der Waals surface area contributed by atoms with Gasteiger partial charge in [0.25, 0.3) is 6.43 Å². The fourth-order valence-electron chi connectivity index (χ4n) is 6.27. The van der Waals surface area contributed by atoms with E-state index in [0.717, 1.165) is 19.4 Å². The van der Waals surface area contributed by atoms with Crippen molar-refractivity contribution in [2.45, 2.75) is 55.9 Å². The zero-order chi connectivity index (χ0) is 30.0. The first-order chi connectivity index (χ1) is 19.8. The van der Waals surface area contributed by atoms with Crippen LogP contribution in [-0.2, 0) is 6.18 Å². The van der Waals surface area contributed by atoms with E-state index in [-0.39, 0.29) is 59.6 Å². The number of hydrogen-bond acceptors (Lipinski definition) is 8. The molecule has 0 saturated carbocycles. The van der Waals surface area contributed by atoms with Crippen molar-refractivity contribution in [3.63, 3.8) is 0 Å². The van der Waals surface area contributed by atoms with Gasteiger partial charge in [-0.05, 0) is 51.4 Å². The van der Waals surface area contributed by atoms with E-state index in [4.69, 9.17) is 22.1 Å². The van der Waals surface area contributed by atoms with Crippen LogP contribution in [0.4, 0.5) is 38.0 Å². The van der Waals surface area contributed by atoms with Gasteiger partial charge in [0.2, 0.25) is 0 Å². The summed E-state index contributed by atoms with van der Waals surface area (Å²) >= 11 is 6.51. The molecule has 3 N–H and O–H groups in total. The number of fused-ring (bicyclic) bond motifs is 3. The summed E-state index contributed by atoms with van der Waals surface area (Å²) < 4.78 is 90.7. The molecule has 3 aromatic rings. The van der Waals surface area contributed by atoms with Crippen molar-refractivity contribution >= 4 is 34.1 Å². The van der Waals surface area contributed by atoms with Crippen molar-refractivity contribution in [1.29, 1.82) is 0 Å². The highest BCUT2D eigenvalue weighted by Gasteiger charge is 2.51. The number of nitrogen functional groups attached to an aromatic ring is 1. The minimum Gasteiger partial charge on any atom is -0.462 e. The van der Waals surface area contributed by atoms with Crippen LogP contribution in [-0.4, -0.2) is 77.2 Å². The summed E-state index contributed by atoms with van der Waals surface area (Å²) in [6.45, 7) is 1.47. The Hall–Kier alpha value is -3.10. The maximum absolute atomic E-state index is 14.6. The monoisotopic (exact) mass is 615 g/mol. The number of aromatic nitrogens is 3. The number of piperazine rings is 1. The van der Waals surface area contributed by atoms with Crippen molar-refractivity contribution in [3.05, 3.63) is 34.6 Å². The molecule has 0 aliphatic carbocycles. The molecule has 1 aromatic carbocycles. The molecule has 2 aromatic heterocycles. The first-order valence-corrected chi connectivity index (χ1v) is 13.9. The van der Waals surface area contributed by atoms with E-state index < -0.39 is 41.0 Å². The van der Waals surface area contributed by atoms with Gasteiger partial charge in [0.1, 0.15) is 29.6 Å². The Bertz CT molecular complexity index is 1520. The molecule has 42 heavy (non-hydrogen) atoms. The third-order valence-corrected chi connectivity index (χ3v) is 8.72. The fourth-order valence-corrected chi connectivity index (χ4v) is 6.53. The molecule has 5 heterocycles. The smallest absolute Gasteiger partial charge is 0.421 e. The second-order valence-electron chi connectivity index (χ2n) is 11.2. The van der Waals surface area contributed by atoms with Crippen LogP contribution >= 0.6 is 11.6 Å². The Kier molecular flexibility index (Phi) is 7.29. The van der Waals surface area contributed by atoms with Crippen molar-refractivity contribution in [1.82, 2.24) is 25.2 Å². The third-order valence-electron chi connectivity index (χ3n) is 8.41. The number of nitrogens with one attached hydrogen (secondary N) is 1. The average Bonchev–Trinajstić information content (AvgIpc) is 3.47. The molecule has 3 fully saturated rings. The molecule has 0 radical (unpaired) electrons. The Morgan fingerprint density at radius 2 is 1.98 bits per heavy atom. The number of hydrogen-bond donors (Lipinski definition) is 2. The van der Waals surface area contributed by atoms with Crippen molar-refractivity contribution in [3.8, 4) is 17.3 Å². The van der Waals surface area contributed by atoms with Crippen molar-refractivity contribution < 1.29 is 31.1 Å². The number of pyridine rings is 1. The van der Waals surface area contributed by atoms with Gasteiger partial charge in [0.15, 0.2) is 0 Å². The predicted molar refractivity (Wildman–Crippen MR) is 145 cm³/mol. The summed E-state index contributed by atoms with van der Waals surface area (Å²) in [6.07, 6.45) is -4.99. The van der Waals surface area contributed by atoms with Crippen molar-refractivity contribution in [2.75, 3.05) is 43.9 Å². The van der Waals surface area contributed by atoms with Crippen LogP contribution in [0.5, 0.6) is 6.01 Å². The van der Waals surface area contributed by atoms with Gasteiger partial charge in [-0.15, -0.1) is 0 Å². The predicted octanol–water partition coefficient (Wildman–Crippen LogP) is 5.13. The minimum absolute atomic E-state index is 0.0579. The summed E-state index contributed by atoms with van der Waals surface area (Å²) in [5.41, 5.74) is 1.65. The number of likely N-dealkylation sites (tertiary alicyclic amines) is 1. The summed E-state index contributed by atoms with van der Waals surface area (Å²) in [4.78, 5) is 16.7. The Morgan fingerprint density at radius 1 is 1.19 bits per heavy atom. The van der Waals surface area contributed by atoms with Crippen LogP contribution in [0.2, 0.25) is 5.02 Å². The van der Waals surface area contributed by atoms with E-state index in [9.17, 15) is 26.3 Å². The number of rotatable bonds is 6. The molecular weight excluding hydrogens is 588 g/mol. The number of benzene rings is 1. The van der Waals surface area contributed by atoms with Gasteiger partial charge < -0.3 is 25.6 Å². The number of anilines is 2. The first-order valence-electron chi connectivity index (χ1n) is 13.5. The lowest BCUT2D eigenvalue weighted by atomic mass is 9.97. The largest absolute Gasteiger partial charge is 0.462 e. The van der Waals surface area contributed by atoms with Crippen molar-refractivity contribution in [2.24, 2.45) is 0 Å². The van der Waals surface area contributed by atoms with Gasteiger partial charge >= 0.3 is 12.2 Å². The normalized spacial score (nSPS) is 24.7. The zero-order valence-electron chi connectivity index (χ0n) is 22.5. The Balaban J connectivity index is 1.49. The molecule has 3 aliphatic heterocycles. The molecule has 3 atom stereocenters. The molecular formula is C27H28ClF6N7O. The number of likely N-dealkylation sites (N-methyl/N-ethyl adjacent to an activating group) is 1. The summed E-state index contributed by atoms with van der Waals surface area (Å²) in [6, 6.07) is 2.92. The SMILES string of the molecule is CN1CCCC1COc1nc(N2C[C@H]3CCC(C(F)F)(C2)N3)c2cc(Cl)c(-c3nc(N)cc(F)c3C(F)(F)F)cc2n1. The van der Waals surface area contributed by atoms with E-state index in [1.165, 1.54) is 12.1 Å². The highest BCUT2D eigenvalue weighted by Crippen LogP contribution is 2.44.